The maximum Gasteiger partial charge on any atom is 0.243 e. The largest absolute Gasteiger partial charge is 0.504 e. The van der Waals surface area contributed by atoms with Crippen LogP contribution in [0.4, 0.5) is 0 Å². The van der Waals surface area contributed by atoms with Gasteiger partial charge in [0.1, 0.15) is 0 Å². The molecule has 3 N–H and O–H groups in total. The lowest BCUT2D eigenvalue weighted by Gasteiger charge is -2.22. The first-order valence-corrected chi connectivity index (χ1v) is 6.03. The Morgan fingerprint density at radius 1 is 1.47 bits per heavy atom. The van der Waals surface area contributed by atoms with E-state index < -0.39 is 0 Å². The quantitative estimate of drug-likeness (QED) is 0.681. The molecule has 0 radical (unpaired) electrons. The molecular formula is C13H16N2O4. The van der Waals surface area contributed by atoms with Gasteiger partial charge in [-0.25, -0.2) is 0 Å². The summed E-state index contributed by atoms with van der Waals surface area (Å²) in [6.07, 6.45) is 0.849. The fraction of sp³-hybridized carbons (Fsp3) is 0.385. The minimum Gasteiger partial charge on any atom is -0.504 e. The topological polar surface area (TPSA) is 87.7 Å². The van der Waals surface area contributed by atoms with Gasteiger partial charge in [-0.15, -0.1) is 0 Å². The van der Waals surface area contributed by atoms with Gasteiger partial charge in [0.15, 0.2) is 11.5 Å². The molecule has 0 saturated carbocycles. The van der Waals surface area contributed by atoms with Gasteiger partial charge in [-0.05, 0) is 24.1 Å². The van der Waals surface area contributed by atoms with Crippen molar-refractivity contribution in [2.75, 3.05) is 7.11 Å². The fourth-order valence-electron chi connectivity index (χ4n) is 1.96. The average molecular weight is 264 g/mol. The van der Waals surface area contributed by atoms with Gasteiger partial charge in [-0.2, -0.15) is 0 Å². The number of benzene rings is 1. The van der Waals surface area contributed by atoms with Crippen LogP contribution in [0, 0.1) is 0 Å². The van der Waals surface area contributed by atoms with E-state index in [0.29, 0.717) is 25.1 Å². The molecule has 6 nitrogen and oxygen atoms in total. The van der Waals surface area contributed by atoms with Gasteiger partial charge in [0.2, 0.25) is 11.8 Å². The van der Waals surface area contributed by atoms with Crippen LogP contribution < -0.4 is 15.4 Å². The minimum absolute atomic E-state index is 0.0762. The summed E-state index contributed by atoms with van der Waals surface area (Å²) in [7, 11) is 1.48. The van der Waals surface area contributed by atoms with E-state index in [1.54, 1.807) is 18.2 Å². The predicted octanol–water partition coefficient (Wildman–Crippen LogP) is 0.296. The first-order chi connectivity index (χ1) is 9.10. The smallest absolute Gasteiger partial charge is 0.243 e. The zero-order valence-electron chi connectivity index (χ0n) is 10.6. The molecule has 1 atom stereocenters. The molecule has 1 fully saturated rings. The molecule has 0 aliphatic carbocycles. The van der Waals surface area contributed by atoms with E-state index in [1.807, 2.05) is 0 Å². The lowest BCUT2D eigenvalue weighted by Crippen LogP contribution is -2.50. The molecule has 1 saturated heterocycles. The average Bonchev–Trinajstić information content (AvgIpc) is 2.39. The van der Waals surface area contributed by atoms with Crippen molar-refractivity contribution in [1.82, 2.24) is 10.6 Å². The summed E-state index contributed by atoms with van der Waals surface area (Å²) in [6, 6.07) is 4.63. The van der Waals surface area contributed by atoms with Crippen molar-refractivity contribution in [3.8, 4) is 11.5 Å². The second-order valence-corrected chi connectivity index (χ2v) is 4.39. The zero-order valence-corrected chi connectivity index (χ0v) is 10.6. The molecule has 2 amide bonds. The summed E-state index contributed by atoms with van der Waals surface area (Å²) in [5.41, 5.74) is 0.888. The monoisotopic (exact) mass is 264 g/mol. The van der Waals surface area contributed by atoms with E-state index in [9.17, 15) is 14.7 Å². The van der Waals surface area contributed by atoms with E-state index in [1.165, 1.54) is 7.11 Å². The summed E-state index contributed by atoms with van der Waals surface area (Å²) >= 11 is 0. The molecule has 2 rings (SSSR count). The van der Waals surface area contributed by atoms with Crippen LogP contribution in [0.5, 0.6) is 11.5 Å². The highest BCUT2D eigenvalue weighted by molar-refractivity contribution is 6.00. The Morgan fingerprint density at radius 2 is 2.26 bits per heavy atom. The van der Waals surface area contributed by atoms with Gasteiger partial charge in [0.25, 0.3) is 0 Å². The van der Waals surface area contributed by atoms with Crippen LogP contribution in [-0.4, -0.2) is 30.1 Å². The SMILES string of the molecule is COc1cc(CNC2CCC(=O)NC2=O)ccc1O. The second-order valence-electron chi connectivity index (χ2n) is 4.39. The third kappa shape index (κ3) is 3.23. The molecule has 0 spiro atoms. The van der Waals surface area contributed by atoms with Gasteiger partial charge in [0.05, 0.1) is 13.2 Å². The van der Waals surface area contributed by atoms with Crippen molar-refractivity contribution in [3.63, 3.8) is 0 Å². The standard InChI is InChI=1S/C13H16N2O4/c1-19-11-6-8(2-4-10(11)16)7-14-9-3-5-12(17)15-13(9)18/h2,4,6,9,14,16H,3,5,7H2,1H3,(H,15,17,18). The Kier molecular flexibility index (Phi) is 4.01. The van der Waals surface area contributed by atoms with Crippen molar-refractivity contribution in [3.05, 3.63) is 23.8 Å². The number of carbonyl (C=O) groups is 2. The summed E-state index contributed by atoms with van der Waals surface area (Å²) in [6.45, 7) is 0.461. The number of nitrogens with one attached hydrogen (secondary N) is 2. The lowest BCUT2D eigenvalue weighted by molar-refractivity contribution is -0.134. The Balaban J connectivity index is 1.95. The molecule has 1 aromatic carbocycles. The molecule has 0 aromatic heterocycles. The molecule has 1 heterocycles. The predicted molar refractivity (Wildman–Crippen MR) is 67.7 cm³/mol. The number of phenols is 1. The van der Waals surface area contributed by atoms with Gasteiger partial charge in [0, 0.05) is 13.0 Å². The number of carbonyl (C=O) groups excluding carboxylic acids is 2. The number of amides is 2. The van der Waals surface area contributed by atoms with Crippen molar-refractivity contribution in [2.24, 2.45) is 0 Å². The van der Waals surface area contributed by atoms with E-state index >= 15 is 0 Å². The van der Waals surface area contributed by atoms with Crippen LogP contribution in [0.1, 0.15) is 18.4 Å². The van der Waals surface area contributed by atoms with Crippen LogP contribution in [0.25, 0.3) is 0 Å². The van der Waals surface area contributed by atoms with Crippen molar-refractivity contribution >= 4 is 11.8 Å². The highest BCUT2D eigenvalue weighted by Crippen LogP contribution is 2.26. The van der Waals surface area contributed by atoms with Crippen LogP contribution in [0.3, 0.4) is 0 Å². The first kappa shape index (κ1) is 13.4. The molecular weight excluding hydrogens is 248 g/mol. The maximum absolute atomic E-state index is 11.5. The van der Waals surface area contributed by atoms with E-state index in [0.717, 1.165) is 5.56 Å². The molecule has 0 bridgehead atoms. The number of aromatic hydroxyl groups is 1. The van der Waals surface area contributed by atoms with Crippen LogP contribution >= 0.6 is 0 Å². The van der Waals surface area contributed by atoms with Crippen LogP contribution in [-0.2, 0) is 16.1 Å². The number of hydrogen-bond donors (Lipinski definition) is 3. The van der Waals surface area contributed by atoms with E-state index in [-0.39, 0.29) is 23.6 Å². The molecule has 1 aliphatic heterocycles. The van der Waals surface area contributed by atoms with Crippen LogP contribution in [0.2, 0.25) is 0 Å². The fourth-order valence-corrected chi connectivity index (χ4v) is 1.96. The number of ether oxygens (including phenoxy) is 1. The first-order valence-electron chi connectivity index (χ1n) is 6.03. The van der Waals surface area contributed by atoms with Gasteiger partial charge >= 0.3 is 0 Å². The number of methoxy groups -OCH3 is 1. The Morgan fingerprint density at radius 3 is 2.95 bits per heavy atom. The number of phenolic OH excluding ortho intramolecular Hbond substituents is 1. The van der Waals surface area contributed by atoms with Gasteiger partial charge in [-0.3, -0.25) is 14.9 Å². The summed E-state index contributed by atoms with van der Waals surface area (Å²) < 4.78 is 5.01. The highest BCUT2D eigenvalue weighted by atomic mass is 16.5. The van der Waals surface area contributed by atoms with Crippen molar-refractivity contribution < 1.29 is 19.4 Å². The maximum atomic E-state index is 11.5. The zero-order chi connectivity index (χ0) is 13.8. The van der Waals surface area contributed by atoms with Crippen molar-refractivity contribution in [2.45, 2.75) is 25.4 Å². The highest BCUT2D eigenvalue weighted by Gasteiger charge is 2.25. The third-order valence-corrected chi connectivity index (χ3v) is 3.04. The molecule has 19 heavy (non-hydrogen) atoms. The molecule has 6 heteroatoms. The van der Waals surface area contributed by atoms with Gasteiger partial charge in [-0.1, -0.05) is 6.07 Å². The Hall–Kier alpha value is -2.08. The lowest BCUT2D eigenvalue weighted by atomic mass is 10.1. The number of hydrogen-bond acceptors (Lipinski definition) is 5. The Labute approximate surface area is 110 Å². The summed E-state index contributed by atoms with van der Waals surface area (Å²) in [4.78, 5) is 22.6. The molecule has 1 unspecified atom stereocenters. The second kappa shape index (κ2) is 5.71. The number of rotatable bonds is 4. The molecule has 1 aromatic rings. The van der Waals surface area contributed by atoms with Crippen molar-refractivity contribution in [1.29, 1.82) is 0 Å². The van der Waals surface area contributed by atoms with E-state index in [2.05, 4.69) is 10.6 Å². The normalized spacial score (nSPS) is 19.1. The van der Waals surface area contributed by atoms with Gasteiger partial charge < -0.3 is 15.2 Å². The summed E-state index contributed by atoms with van der Waals surface area (Å²) in [5.74, 6) is -0.0498. The van der Waals surface area contributed by atoms with Crippen LogP contribution in [0.15, 0.2) is 18.2 Å². The minimum atomic E-state index is -0.363. The molecule has 1 aliphatic rings. The third-order valence-electron chi connectivity index (χ3n) is 3.04. The number of imide groups is 1. The molecule has 102 valence electrons. The van der Waals surface area contributed by atoms with E-state index in [4.69, 9.17) is 4.74 Å². The number of piperidine rings is 1. The Bertz CT molecular complexity index is 501. The summed E-state index contributed by atoms with van der Waals surface area (Å²) in [5, 5.41) is 14.8.